The largest absolute Gasteiger partial charge is 0.497 e. The molecule has 2 aromatic carbocycles. The Hall–Kier alpha value is -3.20. The normalized spacial score (nSPS) is 12.1. The number of hydrogen-bond donors (Lipinski definition) is 0. The molecule has 9 heteroatoms. The SMILES string of the molecule is COc1ccc(-c2nnc([C@@H](C)Sc3nnnn3-c3c(C)cccc3C)o2)cc1. The zero-order valence-electron chi connectivity index (χ0n) is 16.5. The maximum Gasteiger partial charge on any atom is 0.247 e. The number of nitrogens with zero attached hydrogens (tertiary/aromatic N) is 6. The van der Waals surface area contributed by atoms with Crippen LogP contribution in [-0.2, 0) is 0 Å². The number of thioether (sulfide) groups is 1. The van der Waals surface area contributed by atoms with Crippen LogP contribution in [0.3, 0.4) is 0 Å². The van der Waals surface area contributed by atoms with E-state index in [-0.39, 0.29) is 5.25 Å². The fraction of sp³-hybridized carbons (Fsp3) is 0.250. The molecule has 148 valence electrons. The van der Waals surface area contributed by atoms with Crippen LogP contribution >= 0.6 is 11.8 Å². The monoisotopic (exact) mass is 408 g/mol. The third kappa shape index (κ3) is 3.86. The molecule has 0 spiro atoms. The van der Waals surface area contributed by atoms with Crippen molar-refractivity contribution in [2.75, 3.05) is 7.11 Å². The van der Waals surface area contributed by atoms with Crippen molar-refractivity contribution in [1.29, 1.82) is 0 Å². The van der Waals surface area contributed by atoms with Gasteiger partial charge in [0.05, 0.1) is 18.0 Å². The summed E-state index contributed by atoms with van der Waals surface area (Å²) in [6.07, 6.45) is 0. The van der Waals surface area contributed by atoms with Gasteiger partial charge in [-0.3, -0.25) is 0 Å². The van der Waals surface area contributed by atoms with Gasteiger partial charge in [-0.2, -0.15) is 4.68 Å². The Morgan fingerprint density at radius 3 is 2.41 bits per heavy atom. The number of ether oxygens (including phenoxy) is 1. The highest BCUT2D eigenvalue weighted by molar-refractivity contribution is 7.99. The van der Waals surface area contributed by atoms with Crippen LogP contribution in [0.1, 0.15) is 29.2 Å². The van der Waals surface area contributed by atoms with Crippen molar-refractivity contribution in [3.63, 3.8) is 0 Å². The summed E-state index contributed by atoms with van der Waals surface area (Å²) in [5.41, 5.74) is 4.02. The lowest BCUT2D eigenvalue weighted by molar-refractivity contribution is 0.415. The van der Waals surface area contributed by atoms with Gasteiger partial charge >= 0.3 is 0 Å². The summed E-state index contributed by atoms with van der Waals surface area (Å²) < 4.78 is 12.8. The number of para-hydroxylation sites is 1. The number of aromatic nitrogens is 6. The molecule has 2 aromatic heterocycles. The van der Waals surface area contributed by atoms with Crippen molar-refractivity contribution in [1.82, 2.24) is 30.4 Å². The molecule has 0 saturated carbocycles. The van der Waals surface area contributed by atoms with Gasteiger partial charge in [0.1, 0.15) is 5.75 Å². The van der Waals surface area contributed by atoms with Crippen molar-refractivity contribution in [2.24, 2.45) is 0 Å². The molecule has 0 bridgehead atoms. The lowest BCUT2D eigenvalue weighted by Crippen LogP contribution is -2.04. The van der Waals surface area contributed by atoms with E-state index in [1.54, 1.807) is 11.8 Å². The lowest BCUT2D eigenvalue weighted by atomic mass is 10.1. The number of benzene rings is 2. The van der Waals surface area contributed by atoms with Crippen molar-refractivity contribution in [3.05, 3.63) is 59.5 Å². The Labute approximate surface area is 172 Å². The molecule has 0 fully saturated rings. The fourth-order valence-electron chi connectivity index (χ4n) is 2.99. The van der Waals surface area contributed by atoms with Gasteiger partial charge in [0.15, 0.2) is 0 Å². The van der Waals surface area contributed by atoms with Crippen LogP contribution in [0.2, 0.25) is 0 Å². The second-order valence-electron chi connectivity index (χ2n) is 6.55. The number of methoxy groups -OCH3 is 1. The first-order valence-corrected chi connectivity index (χ1v) is 9.94. The summed E-state index contributed by atoms with van der Waals surface area (Å²) in [6.45, 7) is 6.07. The molecule has 2 heterocycles. The first-order chi connectivity index (χ1) is 14.1. The van der Waals surface area contributed by atoms with E-state index < -0.39 is 0 Å². The molecule has 0 N–H and O–H groups in total. The Kier molecular flexibility index (Phi) is 5.30. The highest BCUT2D eigenvalue weighted by Gasteiger charge is 2.21. The van der Waals surface area contributed by atoms with Crippen LogP contribution in [0.15, 0.2) is 52.0 Å². The molecule has 0 aliphatic heterocycles. The Morgan fingerprint density at radius 2 is 1.72 bits per heavy atom. The number of rotatable bonds is 6. The van der Waals surface area contributed by atoms with Gasteiger partial charge in [-0.1, -0.05) is 30.0 Å². The van der Waals surface area contributed by atoms with Crippen LogP contribution in [0.5, 0.6) is 5.75 Å². The quantitative estimate of drug-likeness (QED) is 0.439. The van der Waals surface area contributed by atoms with E-state index >= 15 is 0 Å². The third-order valence-corrected chi connectivity index (χ3v) is 5.52. The van der Waals surface area contributed by atoms with Gasteiger partial charge in [-0.05, 0) is 66.6 Å². The highest BCUT2D eigenvalue weighted by atomic mass is 32.2. The summed E-state index contributed by atoms with van der Waals surface area (Å²) in [7, 11) is 1.63. The van der Waals surface area contributed by atoms with Crippen LogP contribution in [0.25, 0.3) is 17.1 Å². The van der Waals surface area contributed by atoms with E-state index in [1.165, 1.54) is 11.8 Å². The first-order valence-electron chi connectivity index (χ1n) is 9.06. The van der Waals surface area contributed by atoms with E-state index in [2.05, 4.69) is 25.7 Å². The molecule has 0 radical (unpaired) electrons. The third-order valence-electron chi connectivity index (χ3n) is 4.50. The number of hydrogen-bond acceptors (Lipinski definition) is 8. The fourth-order valence-corrected chi connectivity index (χ4v) is 3.81. The topological polar surface area (TPSA) is 91.8 Å². The zero-order valence-corrected chi connectivity index (χ0v) is 17.3. The number of tetrazole rings is 1. The standard InChI is InChI=1S/C20H20N6O2S/c1-12-6-5-7-13(2)17(12)26-20(23-24-25-26)29-14(3)18-21-22-19(28-18)15-8-10-16(27-4)11-9-15/h5-11,14H,1-4H3/t14-/m1/s1. The molecule has 0 amide bonds. The minimum Gasteiger partial charge on any atom is -0.497 e. The maximum atomic E-state index is 5.89. The van der Waals surface area contributed by atoms with E-state index in [4.69, 9.17) is 9.15 Å². The molecule has 1 atom stereocenters. The number of aryl methyl sites for hydroxylation is 2. The summed E-state index contributed by atoms with van der Waals surface area (Å²) >= 11 is 1.47. The first kappa shape index (κ1) is 19.1. The Bertz CT molecular complexity index is 1100. The molecular weight excluding hydrogens is 388 g/mol. The maximum absolute atomic E-state index is 5.89. The molecule has 4 aromatic rings. The van der Waals surface area contributed by atoms with E-state index in [1.807, 2.05) is 63.2 Å². The van der Waals surface area contributed by atoms with Gasteiger partial charge in [-0.25, -0.2) is 0 Å². The lowest BCUT2D eigenvalue weighted by Gasteiger charge is -2.11. The summed E-state index contributed by atoms with van der Waals surface area (Å²) in [5.74, 6) is 1.75. The molecule has 8 nitrogen and oxygen atoms in total. The molecule has 0 aliphatic rings. The average molecular weight is 408 g/mol. The van der Waals surface area contributed by atoms with Crippen molar-refractivity contribution in [3.8, 4) is 22.9 Å². The van der Waals surface area contributed by atoms with Gasteiger partial charge < -0.3 is 9.15 Å². The molecule has 0 aliphatic carbocycles. The zero-order chi connectivity index (χ0) is 20.4. The Morgan fingerprint density at radius 1 is 1.00 bits per heavy atom. The molecule has 0 unspecified atom stereocenters. The van der Waals surface area contributed by atoms with E-state index in [0.717, 1.165) is 28.1 Å². The van der Waals surface area contributed by atoms with Crippen LogP contribution in [-0.4, -0.2) is 37.5 Å². The van der Waals surface area contributed by atoms with E-state index in [0.29, 0.717) is 16.9 Å². The van der Waals surface area contributed by atoms with Gasteiger partial charge in [-0.15, -0.1) is 15.3 Å². The van der Waals surface area contributed by atoms with Crippen LogP contribution in [0, 0.1) is 13.8 Å². The minimum absolute atomic E-state index is 0.122. The second-order valence-corrected chi connectivity index (χ2v) is 7.86. The summed E-state index contributed by atoms with van der Waals surface area (Å²) in [5, 5.41) is 21.1. The van der Waals surface area contributed by atoms with Gasteiger partial charge in [0.25, 0.3) is 0 Å². The Balaban J connectivity index is 1.56. The molecule has 29 heavy (non-hydrogen) atoms. The predicted octanol–water partition coefficient (Wildman–Crippen LogP) is 4.19. The molecule has 0 saturated heterocycles. The van der Waals surface area contributed by atoms with Gasteiger partial charge in [0, 0.05) is 5.56 Å². The van der Waals surface area contributed by atoms with Crippen molar-refractivity contribution >= 4 is 11.8 Å². The van der Waals surface area contributed by atoms with Crippen molar-refractivity contribution < 1.29 is 9.15 Å². The molecular formula is C20H20N6O2S. The van der Waals surface area contributed by atoms with E-state index in [9.17, 15) is 0 Å². The minimum atomic E-state index is -0.122. The van der Waals surface area contributed by atoms with Crippen LogP contribution in [0.4, 0.5) is 0 Å². The smallest absolute Gasteiger partial charge is 0.247 e. The molecule has 4 rings (SSSR count). The second kappa shape index (κ2) is 8.04. The van der Waals surface area contributed by atoms with Crippen LogP contribution < -0.4 is 4.74 Å². The average Bonchev–Trinajstić information content (AvgIpc) is 3.38. The summed E-state index contributed by atoms with van der Waals surface area (Å²) in [4.78, 5) is 0. The highest BCUT2D eigenvalue weighted by Crippen LogP contribution is 2.35. The summed E-state index contributed by atoms with van der Waals surface area (Å²) in [6, 6.07) is 13.6. The predicted molar refractivity (Wildman–Crippen MR) is 109 cm³/mol. The van der Waals surface area contributed by atoms with Crippen molar-refractivity contribution in [2.45, 2.75) is 31.2 Å². The van der Waals surface area contributed by atoms with Gasteiger partial charge in [0.2, 0.25) is 16.9 Å².